The second-order valence-electron chi connectivity index (χ2n) is 6.61. The average molecular weight is 367 g/mol. The SMILES string of the molecule is C[C@H]1CNCCN1c1ccc2ncc(S(=O)(=O)c3ccccc3)cc2c1. The molecule has 3 aromatic rings. The summed E-state index contributed by atoms with van der Waals surface area (Å²) >= 11 is 0. The van der Waals surface area contributed by atoms with E-state index in [1.807, 2.05) is 12.1 Å². The lowest BCUT2D eigenvalue weighted by Gasteiger charge is -2.36. The number of nitrogens with one attached hydrogen (secondary N) is 1. The normalized spacial score (nSPS) is 18.2. The molecule has 0 aliphatic carbocycles. The van der Waals surface area contributed by atoms with Gasteiger partial charge in [-0.05, 0) is 43.3 Å². The van der Waals surface area contributed by atoms with Gasteiger partial charge >= 0.3 is 0 Å². The van der Waals surface area contributed by atoms with Crippen LogP contribution in [0.25, 0.3) is 10.9 Å². The van der Waals surface area contributed by atoms with E-state index < -0.39 is 9.84 Å². The first-order chi connectivity index (χ1) is 12.6. The number of hydrogen-bond donors (Lipinski definition) is 1. The zero-order chi connectivity index (χ0) is 18.1. The molecule has 6 heteroatoms. The predicted molar refractivity (Wildman–Crippen MR) is 103 cm³/mol. The maximum atomic E-state index is 12.9. The number of fused-ring (bicyclic) bond motifs is 1. The van der Waals surface area contributed by atoms with Crippen LogP contribution < -0.4 is 10.2 Å². The molecule has 1 fully saturated rings. The van der Waals surface area contributed by atoms with Gasteiger partial charge in [0.2, 0.25) is 9.84 Å². The Hall–Kier alpha value is -2.44. The lowest BCUT2D eigenvalue weighted by Crippen LogP contribution is -2.49. The Bertz CT molecular complexity index is 1040. The van der Waals surface area contributed by atoms with Gasteiger partial charge < -0.3 is 10.2 Å². The van der Waals surface area contributed by atoms with Crippen LogP contribution in [0.15, 0.2) is 70.6 Å². The Labute approximate surface area is 153 Å². The standard InChI is InChI=1S/C20H21N3O2S/c1-15-13-21-9-10-23(15)17-7-8-20-16(11-17)12-19(14-22-20)26(24,25)18-5-3-2-4-6-18/h2-8,11-12,14-15,21H,9-10,13H2,1H3/t15-/m0/s1. The zero-order valence-electron chi connectivity index (χ0n) is 14.6. The molecule has 2 aromatic carbocycles. The van der Waals surface area contributed by atoms with Crippen LogP contribution in [-0.2, 0) is 9.84 Å². The van der Waals surface area contributed by atoms with Gasteiger partial charge in [0.15, 0.2) is 0 Å². The van der Waals surface area contributed by atoms with Crippen LogP contribution in [0.2, 0.25) is 0 Å². The third-order valence-electron chi connectivity index (χ3n) is 4.84. The minimum Gasteiger partial charge on any atom is -0.366 e. The number of nitrogens with zero attached hydrogens (tertiary/aromatic N) is 2. The second-order valence-corrected chi connectivity index (χ2v) is 8.56. The Morgan fingerprint density at radius 3 is 2.65 bits per heavy atom. The largest absolute Gasteiger partial charge is 0.366 e. The molecule has 1 aromatic heterocycles. The van der Waals surface area contributed by atoms with Gasteiger partial charge in [-0.1, -0.05) is 18.2 Å². The summed E-state index contributed by atoms with van der Waals surface area (Å²) in [7, 11) is -3.57. The quantitative estimate of drug-likeness (QED) is 0.771. The summed E-state index contributed by atoms with van der Waals surface area (Å²) in [5.41, 5.74) is 1.89. The molecule has 0 radical (unpaired) electrons. The number of pyridine rings is 1. The molecule has 1 aliphatic heterocycles. The lowest BCUT2D eigenvalue weighted by molar-refractivity contribution is 0.501. The van der Waals surface area contributed by atoms with Crippen molar-refractivity contribution in [2.45, 2.75) is 22.8 Å². The number of aromatic nitrogens is 1. The smallest absolute Gasteiger partial charge is 0.208 e. The van der Waals surface area contributed by atoms with E-state index >= 15 is 0 Å². The highest BCUT2D eigenvalue weighted by atomic mass is 32.2. The summed E-state index contributed by atoms with van der Waals surface area (Å²) in [6, 6.07) is 16.6. The first-order valence-corrected chi connectivity index (χ1v) is 10.2. The van der Waals surface area contributed by atoms with Gasteiger partial charge in [-0.15, -0.1) is 0 Å². The Balaban J connectivity index is 1.77. The van der Waals surface area contributed by atoms with Crippen LogP contribution in [0.3, 0.4) is 0 Å². The molecule has 0 saturated carbocycles. The monoisotopic (exact) mass is 367 g/mol. The fourth-order valence-corrected chi connectivity index (χ4v) is 4.65. The van der Waals surface area contributed by atoms with Gasteiger partial charge in [-0.25, -0.2) is 8.42 Å². The molecule has 5 nitrogen and oxygen atoms in total. The van der Waals surface area contributed by atoms with E-state index in [-0.39, 0.29) is 9.79 Å². The molecular weight excluding hydrogens is 346 g/mol. The van der Waals surface area contributed by atoms with Gasteiger partial charge in [-0.3, -0.25) is 4.98 Å². The van der Waals surface area contributed by atoms with Crippen molar-refractivity contribution < 1.29 is 8.42 Å². The fraction of sp³-hybridized carbons (Fsp3) is 0.250. The van der Waals surface area contributed by atoms with E-state index in [0.29, 0.717) is 6.04 Å². The maximum Gasteiger partial charge on any atom is 0.208 e. The van der Waals surface area contributed by atoms with Crippen molar-refractivity contribution in [3.05, 3.63) is 60.8 Å². The van der Waals surface area contributed by atoms with Crippen molar-refractivity contribution >= 4 is 26.4 Å². The summed E-state index contributed by atoms with van der Waals surface area (Å²) in [4.78, 5) is 7.22. The number of sulfone groups is 1. The van der Waals surface area contributed by atoms with Crippen molar-refractivity contribution in [1.82, 2.24) is 10.3 Å². The van der Waals surface area contributed by atoms with Crippen molar-refractivity contribution in [3.8, 4) is 0 Å². The molecule has 0 bridgehead atoms. The van der Waals surface area contributed by atoms with Crippen molar-refractivity contribution in [1.29, 1.82) is 0 Å². The molecule has 1 N–H and O–H groups in total. The second kappa shape index (κ2) is 6.70. The first kappa shape index (κ1) is 17.0. The number of anilines is 1. The molecule has 1 atom stereocenters. The first-order valence-electron chi connectivity index (χ1n) is 8.73. The molecule has 1 saturated heterocycles. The van der Waals surface area contributed by atoms with Crippen LogP contribution in [0.1, 0.15) is 6.92 Å². The summed E-state index contributed by atoms with van der Waals surface area (Å²) in [5.74, 6) is 0. The summed E-state index contributed by atoms with van der Waals surface area (Å²) in [5, 5.41) is 4.22. The van der Waals surface area contributed by atoms with Crippen molar-refractivity contribution in [2.24, 2.45) is 0 Å². The predicted octanol–water partition coefficient (Wildman–Crippen LogP) is 2.87. The average Bonchev–Trinajstić information content (AvgIpc) is 2.68. The van der Waals surface area contributed by atoms with E-state index in [4.69, 9.17) is 0 Å². The number of hydrogen-bond acceptors (Lipinski definition) is 5. The topological polar surface area (TPSA) is 62.3 Å². The maximum absolute atomic E-state index is 12.9. The highest BCUT2D eigenvalue weighted by molar-refractivity contribution is 7.91. The van der Waals surface area contributed by atoms with E-state index in [9.17, 15) is 8.42 Å². The number of piperazine rings is 1. The van der Waals surface area contributed by atoms with Gasteiger partial charge in [-0.2, -0.15) is 0 Å². The van der Waals surface area contributed by atoms with E-state index in [1.165, 1.54) is 6.20 Å². The van der Waals surface area contributed by atoms with E-state index in [2.05, 4.69) is 28.2 Å². The Morgan fingerprint density at radius 1 is 1.08 bits per heavy atom. The highest BCUT2D eigenvalue weighted by Gasteiger charge is 2.20. The summed E-state index contributed by atoms with van der Waals surface area (Å²) < 4.78 is 25.7. The van der Waals surface area contributed by atoms with Crippen LogP contribution >= 0.6 is 0 Å². The van der Waals surface area contributed by atoms with E-state index in [0.717, 1.165) is 36.2 Å². The van der Waals surface area contributed by atoms with Gasteiger partial charge in [0.1, 0.15) is 0 Å². The number of benzene rings is 2. The molecule has 1 aliphatic rings. The molecule has 0 unspecified atom stereocenters. The molecule has 2 heterocycles. The molecular formula is C20H21N3O2S. The molecule has 0 spiro atoms. The minimum atomic E-state index is -3.57. The third kappa shape index (κ3) is 3.06. The van der Waals surface area contributed by atoms with Crippen LogP contribution in [0.5, 0.6) is 0 Å². The third-order valence-corrected chi connectivity index (χ3v) is 6.57. The Kier molecular flexibility index (Phi) is 4.38. The fourth-order valence-electron chi connectivity index (χ4n) is 3.38. The number of rotatable bonds is 3. The molecule has 26 heavy (non-hydrogen) atoms. The lowest BCUT2D eigenvalue weighted by atomic mass is 10.1. The van der Waals surface area contributed by atoms with Crippen LogP contribution in [-0.4, -0.2) is 39.1 Å². The van der Waals surface area contributed by atoms with Gasteiger partial charge in [0.25, 0.3) is 0 Å². The van der Waals surface area contributed by atoms with Crippen molar-refractivity contribution in [3.63, 3.8) is 0 Å². The molecule has 4 rings (SSSR count). The Morgan fingerprint density at radius 2 is 1.88 bits per heavy atom. The molecule has 134 valence electrons. The van der Waals surface area contributed by atoms with Crippen LogP contribution in [0.4, 0.5) is 5.69 Å². The highest BCUT2D eigenvalue weighted by Crippen LogP contribution is 2.27. The van der Waals surface area contributed by atoms with Gasteiger partial charge in [0, 0.05) is 42.9 Å². The van der Waals surface area contributed by atoms with Gasteiger partial charge in [0.05, 0.1) is 15.3 Å². The van der Waals surface area contributed by atoms with Crippen LogP contribution in [0, 0.1) is 0 Å². The zero-order valence-corrected chi connectivity index (χ0v) is 15.4. The molecule has 0 amide bonds. The van der Waals surface area contributed by atoms with Crippen molar-refractivity contribution in [2.75, 3.05) is 24.5 Å². The summed E-state index contributed by atoms with van der Waals surface area (Å²) in [6.45, 7) is 5.01. The minimum absolute atomic E-state index is 0.224. The van der Waals surface area contributed by atoms with E-state index in [1.54, 1.807) is 36.4 Å². The summed E-state index contributed by atoms with van der Waals surface area (Å²) in [6.07, 6.45) is 1.44.